The van der Waals surface area contributed by atoms with E-state index in [1.54, 1.807) is 31.6 Å². The topological polar surface area (TPSA) is 69.2 Å². The zero-order valence-corrected chi connectivity index (χ0v) is 19.6. The van der Waals surface area contributed by atoms with Crippen molar-refractivity contribution in [1.29, 1.82) is 0 Å². The number of halogens is 1. The molecule has 0 saturated carbocycles. The van der Waals surface area contributed by atoms with Gasteiger partial charge in [0, 0.05) is 35.5 Å². The number of benzene rings is 2. The van der Waals surface area contributed by atoms with Crippen molar-refractivity contribution in [2.24, 2.45) is 0 Å². The average molecular weight is 467 g/mol. The van der Waals surface area contributed by atoms with E-state index < -0.39 is 0 Å². The number of thiazole rings is 1. The molecule has 0 aliphatic rings. The highest BCUT2D eigenvalue weighted by molar-refractivity contribution is 7.13. The van der Waals surface area contributed by atoms with Crippen LogP contribution in [0.15, 0.2) is 53.9 Å². The maximum Gasteiger partial charge on any atom is 0.161 e. The third-order valence-electron chi connectivity index (χ3n) is 4.92. The van der Waals surface area contributed by atoms with Crippen molar-refractivity contribution in [1.82, 2.24) is 15.0 Å². The van der Waals surface area contributed by atoms with Crippen molar-refractivity contribution >= 4 is 28.8 Å². The fourth-order valence-electron chi connectivity index (χ4n) is 3.21. The van der Waals surface area contributed by atoms with Crippen LogP contribution in [-0.4, -0.2) is 29.2 Å². The lowest BCUT2D eigenvalue weighted by Gasteiger charge is -2.08. The Morgan fingerprint density at radius 3 is 2.38 bits per heavy atom. The van der Waals surface area contributed by atoms with Crippen molar-refractivity contribution in [2.45, 2.75) is 19.9 Å². The third kappa shape index (κ3) is 5.00. The second-order valence-electron chi connectivity index (χ2n) is 7.00. The second-order valence-corrected chi connectivity index (χ2v) is 8.25. The molecule has 0 amide bonds. The molecule has 2 heterocycles. The summed E-state index contributed by atoms with van der Waals surface area (Å²) in [6, 6.07) is 15.9. The number of aromatic nitrogens is 3. The third-order valence-corrected chi connectivity index (χ3v) is 6.00. The molecule has 0 fully saturated rings. The standard InChI is InChI=1S/C24H23ClN4O2S/c1-4-22-28-21(25)12-23(29-22)26-13-15-5-7-16(8-6-15)24-27-18(14-32-24)17-9-10-19(30-2)20(11-17)31-3/h5-12,14H,4,13H2,1-3H3,(H,26,28,29). The largest absolute Gasteiger partial charge is 0.493 e. The van der Waals surface area contributed by atoms with Crippen LogP contribution >= 0.6 is 22.9 Å². The minimum absolute atomic E-state index is 0.448. The van der Waals surface area contributed by atoms with Gasteiger partial charge in [-0.25, -0.2) is 15.0 Å². The molecule has 0 bridgehead atoms. The summed E-state index contributed by atoms with van der Waals surface area (Å²) in [6.07, 6.45) is 0.739. The van der Waals surface area contributed by atoms with Crippen LogP contribution in [0.2, 0.25) is 5.15 Å². The summed E-state index contributed by atoms with van der Waals surface area (Å²) >= 11 is 7.68. The summed E-state index contributed by atoms with van der Waals surface area (Å²) in [5, 5.41) is 6.77. The maximum atomic E-state index is 6.07. The molecule has 164 valence electrons. The first-order valence-corrected chi connectivity index (χ1v) is 11.4. The molecule has 1 N–H and O–H groups in total. The van der Waals surface area contributed by atoms with Gasteiger partial charge in [-0.15, -0.1) is 11.3 Å². The predicted molar refractivity (Wildman–Crippen MR) is 130 cm³/mol. The van der Waals surface area contributed by atoms with E-state index in [1.807, 2.05) is 25.1 Å². The molecule has 2 aromatic heterocycles. The van der Waals surface area contributed by atoms with Gasteiger partial charge < -0.3 is 14.8 Å². The number of anilines is 1. The molecule has 4 aromatic rings. The molecule has 0 aliphatic heterocycles. The van der Waals surface area contributed by atoms with E-state index >= 15 is 0 Å². The Kier molecular flexibility index (Phi) is 6.87. The van der Waals surface area contributed by atoms with Gasteiger partial charge in [0.05, 0.1) is 19.9 Å². The van der Waals surface area contributed by atoms with Crippen molar-refractivity contribution < 1.29 is 9.47 Å². The molecule has 32 heavy (non-hydrogen) atoms. The molecule has 4 rings (SSSR count). The fourth-order valence-corrected chi connectivity index (χ4v) is 4.24. The molecule has 0 radical (unpaired) electrons. The van der Waals surface area contributed by atoms with Crippen molar-refractivity contribution in [3.05, 3.63) is 70.5 Å². The van der Waals surface area contributed by atoms with Crippen LogP contribution in [0.25, 0.3) is 21.8 Å². The van der Waals surface area contributed by atoms with Crippen LogP contribution in [0.5, 0.6) is 11.5 Å². The van der Waals surface area contributed by atoms with Gasteiger partial charge in [0.15, 0.2) is 11.5 Å². The smallest absolute Gasteiger partial charge is 0.161 e. The highest BCUT2D eigenvalue weighted by Gasteiger charge is 2.11. The molecule has 0 unspecified atom stereocenters. The number of nitrogens with one attached hydrogen (secondary N) is 1. The number of methoxy groups -OCH3 is 2. The summed E-state index contributed by atoms with van der Waals surface area (Å²) in [4.78, 5) is 13.5. The van der Waals surface area contributed by atoms with Gasteiger partial charge in [-0.2, -0.15) is 0 Å². The van der Waals surface area contributed by atoms with E-state index in [1.165, 1.54) is 0 Å². The molecule has 0 spiro atoms. The monoisotopic (exact) mass is 466 g/mol. The lowest BCUT2D eigenvalue weighted by Crippen LogP contribution is -2.04. The first-order valence-electron chi connectivity index (χ1n) is 10.1. The Morgan fingerprint density at radius 2 is 1.66 bits per heavy atom. The number of hydrogen-bond acceptors (Lipinski definition) is 7. The van der Waals surface area contributed by atoms with Crippen molar-refractivity contribution in [3.8, 4) is 33.3 Å². The molecular formula is C24H23ClN4O2S. The van der Waals surface area contributed by atoms with Gasteiger partial charge in [0.1, 0.15) is 21.8 Å². The number of rotatable bonds is 8. The van der Waals surface area contributed by atoms with E-state index in [2.05, 4.69) is 44.9 Å². The Labute approximate surface area is 196 Å². The van der Waals surface area contributed by atoms with E-state index in [9.17, 15) is 0 Å². The molecule has 8 heteroatoms. The second kappa shape index (κ2) is 9.97. The molecular weight excluding hydrogens is 444 g/mol. The zero-order valence-electron chi connectivity index (χ0n) is 18.1. The normalized spacial score (nSPS) is 10.8. The zero-order chi connectivity index (χ0) is 22.5. The number of nitrogens with zero attached hydrogens (tertiary/aromatic N) is 3. The van der Waals surface area contributed by atoms with Gasteiger partial charge in [0.25, 0.3) is 0 Å². The van der Waals surface area contributed by atoms with Gasteiger partial charge in [-0.1, -0.05) is 42.8 Å². The Morgan fingerprint density at radius 1 is 0.906 bits per heavy atom. The van der Waals surface area contributed by atoms with E-state index in [0.717, 1.165) is 45.5 Å². The molecule has 0 aliphatic carbocycles. The van der Waals surface area contributed by atoms with Crippen LogP contribution in [0.4, 0.5) is 5.82 Å². The van der Waals surface area contributed by atoms with Crippen LogP contribution in [0, 0.1) is 0 Å². The quantitative estimate of drug-likeness (QED) is 0.316. The van der Waals surface area contributed by atoms with E-state index in [0.29, 0.717) is 23.2 Å². The molecule has 6 nitrogen and oxygen atoms in total. The van der Waals surface area contributed by atoms with Gasteiger partial charge >= 0.3 is 0 Å². The summed E-state index contributed by atoms with van der Waals surface area (Å²) < 4.78 is 10.7. The van der Waals surface area contributed by atoms with Crippen molar-refractivity contribution in [3.63, 3.8) is 0 Å². The van der Waals surface area contributed by atoms with Crippen LogP contribution in [0.1, 0.15) is 18.3 Å². The number of ether oxygens (including phenoxy) is 2. The SMILES string of the molecule is CCc1nc(Cl)cc(NCc2ccc(-c3nc(-c4ccc(OC)c(OC)c4)cs3)cc2)n1. The Balaban J connectivity index is 1.46. The summed E-state index contributed by atoms with van der Waals surface area (Å²) in [6.45, 7) is 2.65. The lowest BCUT2D eigenvalue weighted by molar-refractivity contribution is 0.355. The highest BCUT2D eigenvalue weighted by Crippen LogP contribution is 2.34. The minimum Gasteiger partial charge on any atom is -0.493 e. The van der Waals surface area contributed by atoms with Crippen LogP contribution < -0.4 is 14.8 Å². The van der Waals surface area contributed by atoms with Gasteiger partial charge in [-0.3, -0.25) is 0 Å². The van der Waals surface area contributed by atoms with Gasteiger partial charge in [0.2, 0.25) is 0 Å². The molecule has 0 atom stereocenters. The highest BCUT2D eigenvalue weighted by atomic mass is 35.5. The summed E-state index contributed by atoms with van der Waals surface area (Å²) in [7, 11) is 3.26. The first-order chi connectivity index (χ1) is 15.6. The fraction of sp³-hybridized carbons (Fsp3) is 0.208. The average Bonchev–Trinajstić information content (AvgIpc) is 3.32. The van der Waals surface area contributed by atoms with Crippen molar-refractivity contribution in [2.75, 3.05) is 19.5 Å². The maximum absolute atomic E-state index is 6.07. The minimum atomic E-state index is 0.448. The van der Waals surface area contributed by atoms with E-state index in [4.69, 9.17) is 26.1 Å². The van der Waals surface area contributed by atoms with Crippen LogP contribution in [-0.2, 0) is 13.0 Å². The summed E-state index contributed by atoms with van der Waals surface area (Å²) in [5.41, 5.74) is 4.10. The van der Waals surface area contributed by atoms with E-state index in [-0.39, 0.29) is 0 Å². The summed E-state index contributed by atoms with van der Waals surface area (Å²) in [5.74, 6) is 2.84. The molecule has 0 saturated heterocycles. The number of hydrogen-bond donors (Lipinski definition) is 1. The first kappa shape index (κ1) is 22.0. The Hall–Kier alpha value is -3.16. The van der Waals surface area contributed by atoms with Gasteiger partial charge in [-0.05, 0) is 23.8 Å². The lowest BCUT2D eigenvalue weighted by atomic mass is 10.1. The number of aryl methyl sites for hydroxylation is 1. The predicted octanol–water partition coefficient (Wildman–Crippen LogP) is 6.11. The Bertz CT molecular complexity index is 1210. The molecule has 2 aromatic carbocycles. The van der Waals surface area contributed by atoms with Crippen LogP contribution in [0.3, 0.4) is 0 Å².